The molecule has 1 N–H and O–H groups in total. The Hall–Kier alpha value is -2.16. The second-order valence-corrected chi connectivity index (χ2v) is 6.68. The maximum Gasteiger partial charge on any atom is 0.328 e. The van der Waals surface area contributed by atoms with E-state index in [1.165, 1.54) is 6.08 Å². The van der Waals surface area contributed by atoms with Crippen molar-refractivity contribution in [2.75, 3.05) is 0 Å². The van der Waals surface area contributed by atoms with Gasteiger partial charge in [-0.1, -0.05) is 49.8 Å². The minimum atomic E-state index is -0.945. The molecule has 0 unspecified atom stereocenters. The van der Waals surface area contributed by atoms with Gasteiger partial charge >= 0.3 is 5.97 Å². The molecule has 1 rings (SSSR count). The lowest BCUT2D eigenvalue weighted by Gasteiger charge is -2.32. The first kappa shape index (κ1) is 18.9. The Morgan fingerprint density at radius 2 is 1.83 bits per heavy atom. The summed E-state index contributed by atoms with van der Waals surface area (Å²) in [5.41, 5.74) is 3.71. The van der Waals surface area contributed by atoms with Crippen LogP contribution in [0.3, 0.4) is 0 Å². The van der Waals surface area contributed by atoms with Crippen LogP contribution in [0.2, 0.25) is 0 Å². The number of carbonyl (C=O) groups excluding carboxylic acids is 1. The maximum atomic E-state index is 11.9. The van der Waals surface area contributed by atoms with Gasteiger partial charge in [-0.3, -0.25) is 4.79 Å². The largest absolute Gasteiger partial charge is 0.478 e. The highest BCUT2D eigenvalue weighted by molar-refractivity contribution is 5.97. The van der Waals surface area contributed by atoms with Crippen molar-refractivity contribution in [2.24, 2.45) is 5.41 Å². The average Bonchev–Trinajstić information content (AvgIpc) is 2.42. The molecule has 23 heavy (non-hydrogen) atoms. The Morgan fingerprint density at radius 1 is 1.17 bits per heavy atom. The fourth-order valence-corrected chi connectivity index (χ4v) is 2.62. The fraction of sp³-hybridized carbons (Fsp3) is 0.400. The van der Waals surface area contributed by atoms with E-state index in [2.05, 4.69) is 13.8 Å². The predicted molar refractivity (Wildman–Crippen MR) is 94.2 cm³/mol. The summed E-state index contributed by atoms with van der Waals surface area (Å²) in [5.74, 6) is -0.709. The number of carbonyl (C=O) groups is 2. The summed E-state index contributed by atoms with van der Waals surface area (Å²) in [7, 11) is 0. The van der Waals surface area contributed by atoms with Gasteiger partial charge in [-0.25, -0.2) is 4.79 Å². The highest BCUT2D eigenvalue weighted by atomic mass is 16.4. The van der Waals surface area contributed by atoms with Crippen molar-refractivity contribution in [2.45, 2.75) is 47.5 Å². The van der Waals surface area contributed by atoms with E-state index in [0.717, 1.165) is 23.1 Å². The standard InChI is InChI=1S/C20H26O3/c1-14(7-6-8-15(2)13-19(22)23)9-10-17-16(3)18(21)11-12-20(17,4)5/h6-10,13H,11-12H2,1-5H3,(H,22,23)/b8-6-,10-9?,14-7?,15-13?. The zero-order chi connectivity index (χ0) is 17.6. The minimum Gasteiger partial charge on any atom is -0.478 e. The number of rotatable bonds is 5. The van der Waals surface area contributed by atoms with E-state index in [-0.39, 0.29) is 11.2 Å². The van der Waals surface area contributed by atoms with E-state index in [1.54, 1.807) is 13.0 Å². The van der Waals surface area contributed by atoms with E-state index in [1.807, 2.05) is 38.2 Å². The van der Waals surface area contributed by atoms with Gasteiger partial charge in [-0.2, -0.15) is 0 Å². The Morgan fingerprint density at radius 3 is 2.43 bits per heavy atom. The number of hydrogen-bond acceptors (Lipinski definition) is 2. The molecule has 0 amide bonds. The van der Waals surface area contributed by atoms with Crippen molar-refractivity contribution in [1.29, 1.82) is 0 Å². The van der Waals surface area contributed by atoms with Crippen molar-refractivity contribution in [3.63, 3.8) is 0 Å². The number of Topliss-reactive ketones (excluding diaryl/α,β-unsaturated/α-hetero) is 1. The molecule has 0 fully saturated rings. The summed E-state index contributed by atoms with van der Waals surface area (Å²) in [6, 6.07) is 0. The van der Waals surface area contributed by atoms with Crippen LogP contribution in [-0.2, 0) is 9.59 Å². The van der Waals surface area contributed by atoms with Crippen LogP contribution < -0.4 is 0 Å². The van der Waals surface area contributed by atoms with E-state index in [0.29, 0.717) is 12.0 Å². The van der Waals surface area contributed by atoms with E-state index >= 15 is 0 Å². The van der Waals surface area contributed by atoms with Crippen LogP contribution in [0.15, 0.2) is 58.7 Å². The lowest BCUT2D eigenvalue weighted by Crippen LogP contribution is -2.24. The number of carboxylic acid groups (broad SMARTS) is 1. The molecule has 124 valence electrons. The summed E-state index contributed by atoms with van der Waals surface area (Å²) in [5, 5.41) is 8.65. The molecule has 0 aromatic rings. The van der Waals surface area contributed by atoms with Crippen molar-refractivity contribution >= 4 is 11.8 Å². The molecule has 0 aromatic heterocycles. The molecular formula is C20H26O3. The second kappa shape index (κ2) is 7.91. The molecule has 0 heterocycles. The highest BCUT2D eigenvalue weighted by Crippen LogP contribution is 2.39. The number of carboxylic acids is 1. The van der Waals surface area contributed by atoms with Gasteiger partial charge in [-0.15, -0.1) is 0 Å². The zero-order valence-corrected chi connectivity index (χ0v) is 14.6. The average molecular weight is 314 g/mol. The number of aliphatic carboxylic acids is 1. The predicted octanol–water partition coefficient (Wildman–Crippen LogP) is 4.78. The van der Waals surface area contributed by atoms with Crippen LogP contribution in [0.25, 0.3) is 0 Å². The maximum absolute atomic E-state index is 11.9. The van der Waals surface area contributed by atoms with Gasteiger partial charge in [0.25, 0.3) is 0 Å². The topological polar surface area (TPSA) is 54.4 Å². The molecule has 0 aliphatic heterocycles. The molecule has 0 bridgehead atoms. The van der Waals surface area contributed by atoms with Gasteiger partial charge in [0.15, 0.2) is 5.78 Å². The quantitative estimate of drug-likeness (QED) is 0.587. The van der Waals surface area contributed by atoms with Crippen molar-refractivity contribution in [3.8, 4) is 0 Å². The Kier molecular flexibility index (Phi) is 6.49. The molecule has 3 heteroatoms. The lowest BCUT2D eigenvalue weighted by molar-refractivity contribution is -0.131. The molecule has 3 nitrogen and oxygen atoms in total. The van der Waals surface area contributed by atoms with Crippen LogP contribution in [0.1, 0.15) is 47.5 Å². The number of ketones is 1. The Labute approximate surface area is 138 Å². The third kappa shape index (κ3) is 5.85. The Bertz CT molecular complexity index is 638. The third-order valence-corrected chi connectivity index (χ3v) is 4.11. The van der Waals surface area contributed by atoms with Crippen LogP contribution in [0, 0.1) is 5.41 Å². The molecule has 0 saturated carbocycles. The SMILES string of the molecule is CC(C=CC1=C(C)C(=O)CCC1(C)C)=C/C=C\C(C)=CC(=O)O. The van der Waals surface area contributed by atoms with Gasteiger partial charge in [0, 0.05) is 12.5 Å². The lowest BCUT2D eigenvalue weighted by atomic mass is 9.72. The van der Waals surface area contributed by atoms with Crippen LogP contribution in [0.5, 0.6) is 0 Å². The molecule has 0 spiro atoms. The Balaban J connectivity index is 2.89. The van der Waals surface area contributed by atoms with E-state index in [9.17, 15) is 9.59 Å². The van der Waals surface area contributed by atoms with Crippen LogP contribution in [-0.4, -0.2) is 16.9 Å². The zero-order valence-electron chi connectivity index (χ0n) is 14.6. The van der Waals surface area contributed by atoms with Crippen molar-refractivity contribution < 1.29 is 14.7 Å². The van der Waals surface area contributed by atoms with Crippen LogP contribution in [0.4, 0.5) is 0 Å². The first-order chi connectivity index (χ1) is 10.6. The fourth-order valence-electron chi connectivity index (χ4n) is 2.62. The number of hydrogen-bond donors (Lipinski definition) is 1. The summed E-state index contributed by atoms with van der Waals surface area (Å²) in [4.78, 5) is 22.4. The summed E-state index contributed by atoms with van der Waals surface area (Å²) >= 11 is 0. The molecular weight excluding hydrogens is 288 g/mol. The summed E-state index contributed by atoms with van der Waals surface area (Å²) in [6.07, 6.45) is 12.2. The number of allylic oxidation sites excluding steroid dienone is 9. The highest BCUT2D eigenvalue weighted by Gasteiger charge is 2.30. The van der Waals surface area contributed by atoms with Crippen molar-refractivity contribution in [1.82, 2.24) is 0 Å². The third-order valence-electron chi connectivity index (χ3n) is 4.11. The van der Waals surface area contributed by atoms with Gasteiger partial charge in [0.05, 0.1) is 0 Å². The molecule has 0 atom stereocenters. The van der Waals surface area contributed by atoms with Gasteiger partial charge < -0.3 is 5.11 Å². The summed E-state index contributed by atoms with van der Waals surface area (Å²) in [6.45, 7) is 9.96. The van der Waals surface area contributed by atoms with Crippen LogP contribution >= 0.6 is 0 Å². The molecule has 0 saturated heterocycles. The van der Waals surface area contributed by atoms with Gasteiger partial charge in [0.1, 0.15) is 0 Å². The smallest absolute Gasteiger partial charge is 0.328 e. The van der Waals surface area contributed by atoms with E-state index < -0.39 is 5.97 Å². The summed E-state index contributed by atoms with van der Waals surface area (Å²) < 4.78 is 0. The first-order valence-electron chi connectivity index (χ1n) is 7.82. The first-order valence-corrected chi connectivity index (χ1v) is 7.82. The van der Waals surface area contributed by atoms with E-state index in [4.69, 9.17) is 5.11 Å². The monoisotopic (exact) mass is 314 g/mol. The minimum absolute atomic E-state index is 0.0193. The molecule has 0 aromatic carbocycles. The van der Waals surface area contributed by atoms with Gasteiger partial charge in [0.2, 0.25) is 0 Å². The molecule has 1 aliphatic carbocycles. The van der Waals surface area contributed by atoms with Gasteiger partial charge in [-0.05, 0) is 49.3 Å². The molecule has 0 radical (unpaired) electrons. The van der Waals surface area contributed by atoms with Crippen molar-refractivity contribution in [3.05, 3.63) is 58.7 Å². The molecule has 1 aliphatic rings. The second-order valence-electron chi connectivity index (χ2n) is 6.68. The normalized spacial score (nSPS) is 20.0.